The van der Waals surface area contributed by atoms with Gasteiger partial charge in [-0.05, 0) is 18.6 Å². The van der Waals surface area contributed by atoms with Crippen LogP contribution in [0.4, 0.5) is 11.4 Å². The molecule has 6 nitrogen and oxygen atoms in total. The molecule has 0 amide bonds. The van der Waals surface area contributed by atoms with E-state index >= 15 is 0 Å². The van der Waals surface area contributed by atoms with Gasteiger partial charge in [0.05, 0.1) is 17.9 Å². The number of nitrogens with one attached hydrogen (secondary N) is 1. The van der Waals surface area contributed by atoms with Gasteiger partial charge in [0.1, 0.15) is 0 Å². The lowest BCUT2D eigenvalue weighted by atomic mass is 10.2. The molecule has 22 heavy (non-hydrogen) atoms. The zero-order valence-electron chi connectivity index (χ0n) is 12.9. The Morgan fingerprint density at radius 1 is 1.14 bits per heavy atom. The summed E-state index contributed by atoms with van der Waals surface area (Å²) in [4.78, 5) is 26.2. The van der Waals surface area contributed by atoms with Gasteiger partial charge in [0.15, 0.2) is 0 Å². The Bertz CT molecular complexity index is 807. The first-order valence-corrected chi connectivity index (χ1v) is 7.41. The molecule has 0 atom stereocenters. The molecule has 0 saturated heterocycles. The lowest BCUT2D eigenvalue weighted by Crippen LogP contribution is -2.39. The molecule has 2 aromatic rings. The van der Waals surface area contributed by atoms with Gasteiger partial charge in [-0.25, -0.2) is 4.79 Å². The highest BCUT2D eigenvalue weighted by Gasteiger charge is 2.16. The van der Waals surface area contributed by atoms with E-state index in [9.17, 15) is 9.59 Å². The fourth-order valence-electron chi connectivity index (χ4n) is 2.80. The number of nitrogens with zero attached hydrogens (tertiary/aromatic N) is 3. The zero-order valence-corrected chi connectivity index (χ0v) is 12.9. The summed E-state index contributed by atoms with van der Waals surface area (Å²) in [5.74, 6) is 0. The van der Waals surface area contributed by atoms with Crippen LogP contribution in [0.1, 0.15) is 12.1 Å². The van der Waals surface area contributed by atoms with E-state index < -0.39 is 0 Å². The molecule has 0 aliphatic carbocycles. The molecule has 1 aliphatic heterocycles. The molecule has 116 valence electrons. The number of anilines is 2. The largest absolute Gasteiger partial charge is 0.383 e. The Kier molecular flexibility index (Phi) is 3.75. The van der Waals surface area contributed by atoms with Crippen LogP contribution >= 0.6 is 0 Å². The zero-order chi connectivity index (χ0) is 15.7. The van der Waals surface area contributed by atoms with E-state index in [1.54, 1.807) is 17.7 Å². The Balaban J connectivity index is 2.01. The lowest BCUT2D eigenvalue weighted by Gasteiger charge is -2.25. The summed E-state index contributed by atoms with van der Waals surface area (Å²) in [6.07, 6.45) is 1.01. The van der Waals surface area contributed by atoms with Crippen LogP contribution in [0.25, 0.3) is 0 Å². The summed E-state index contributed by atoms with van der Waals surface area (Å²) < 4.78 is 2.67. The van der Waals surface area contributed by atoms with Gasteiger partial charge in [0.2, 0.25) is 0 Å². The van der Waals surface area contributed by atoms with Gasteiger partial charge in [-0.3, -0.25) is 13.9 Å². The molecular weight excluding hydrogens is 280 g/mol. The molecule has 0 bridgehead atoms. The highest BCUT2D eigenvalue weighted by atomic mass is 16.2. The molecule has 0 spiro atoms. The first-order valence-electron chi connectivity index (χ1n) is 7.41. The smallest absolute Gasteiger partial charge is 0.330 e. The predicted molar refractivity (Wildman–Crippen MR) is 87.5 cm³/mol. The van der Waals surface area contributed by atoms with Crippen LogP contribution in [0.5, 0.6) is 0 Å². The van der Waals surface area contributed by atoms with Gasteiger partial charge < -0.3 is 10.2 Å². The third kappa shape index (κ3) is 2.52. The van der Waals surface area contributed by atoms with Gasteiger partial charge in [0, 0.05) is 38.9 Å². The fraction of sp³-hybridized carbons (Fsp3) is 0.375. The minimum Gasteiger partial charge on any atom is -0.383 e. The number of hydrogen-bond donors (Lipinski definition) is 1. The quantitative estimate of drug-likeness (QED) is 0.895. The van der Waals surface area contributed by atoms with Crippen molar-refractivity contribution in [1.29, 1.82) is 0 Å². The minimum atomic E-state index is -0.288. The second kappa shape index (κ2) is 5.71. The number of aromatic nitrogens is 2. The monoisotopic (exact) mass is 300 g/mol. The van der Waals surface area contributed by atoms with Crippen molar-refractivity contribution in [2.45, 2.75) is 13.0 Å². The number of para-hydroxylation sites is 2. The third-order valence-corrected chi connectivity index (χ3v) is 4.14. The van der Waals surface area contributed by atoms with Crippen LogP contribution in [0.15, 0.2) is 39.9 Å². The van der Waals surface area contributed by atoms with Crippen molar-refractivity contribution in [2.24, 2.45) is 14.1 Å². The topological polar surface area (TPSA) is 59.3 Å². The fourth-order valence-corrected chi connectivity index (χ4v) is 2.80. The molecule has 3 rings (SSSR count). The standard InChI is InChI=1S/C16H20N4O2/c1-18-12(10-15(21)19(2)16(18)22)11-20-9-5-8-17-13-6-3-4-7-14(13)20/h3-4,6-7,10,17H,5,8-9,11H2,1-2H3. The van der Waals surface area contributed by atoms with E-state index in [2.05, 4.69) is 22.3 Å². The number of benzene rings is 1. The average molecular weight is 300 g/mol. The molecule has 1 aromatic carbocycles. The molecule has 1 aliphatic rings. The van der Waals surface area contributed by atoms with Gasteiger partial charge in [-0.2, -0.15) is 0 Å². The van der Waals surface area contributed by atoms with Crippen molar-refractivity contribution in [3.8, 4) is 0 Å². The number of fused-ring (bicyclic) bond motifs is 1. The Labute approximate surface area is 128 Å². The summed E-state index contributed by atoms with van der Waals surface area (Å²) in [7, 11) is 3.21. The molecular formula is C16H20N4O2. The molecule has 0 saturated carbocycles. The maximum absolute atomic E-state index is 12.1. The Morgan fingerprint density at radius 3 is 2.73 bits per heavy atom. The summed E-state index contributed by atoms with van der Waals surface area (Å²) in [5.41, 5.74) is 2.37. The summed E-state index contributed by atoms with van der Waals surface area (Å²) in [5, 5.41) is 3.41. The molecule has 6 heteroatoms. The second-order valence-electron chi connectivity index (χ2n) is 5.59. The average Bonchev–Trinajstić information content (AvgIpc) is 2.73. The van der Waals surface area contributed by atoms with Crippen molar-refractivity contribution in [1.82, 2.24) is 9.13 Å². The molecule has 0 unspecified atom stereocenters. The highest BCUT2D eigenvalue weighted by molar-refractivity contribution is 5.70. The molecule has 1 aromatic heterocycles. The van der Waals surface area contributed by atoms with E-state index in [0.29, 0.717) is 6.54 Å². The van der Waals surface area contributed by atoms with Crippen molar-refractivity contribution in [3.05, 3.63) is 56.9 Å². The minimum absolute atomic E-state index is 0.265. The first kappa shape index (κ1) is 14.4. The summed E-state index contributed by atoms with van der Waals surface area (Å²) >= 11 is 0. The lowest BCUT2D eigenvalue weighted by molar-refractivity contribution is 0.632. The maximum atomic E-state index is 12.1. The molecule has 1 N–H and O–H groups in total. The highest BCUT2D eigenvalue weighted by Crippen LogP contribution is 2.28. The van der Waals surface area contributed by atoms with Crippen molar-refractivity contribution >= 4 is 11.4 Å². The molecule has 2 heterocycles. The second-order valence-corrected chi connectivity index (χ2v) is 5.59. The van der Waals surface area contributed by atoms with Crippen molar-refractivity contribution in [3.63, 3.8) is 0 Å². The van der Waals surface area contributed by atoms with Gasteiger partial charge in [-0.15, -0.1) is 0 Å². The van der Waals surface area contributed by atoms with Gasteiger partial charge in [-0.1, -0.05) is 12.1 Å². The normalized spacial score (nSPS) is 14.2. The Morgan fingerprint density at radius 2 is 1.91 bits per heavy atom. The molecule has 0 fully saturated rings. The third-order valence-electron chi connectivity index (χ3n) is 4.14. The Hall–Kier alpha value is -2.50. The summed E-state index contributed by atoms with van der Waals surface area (Å²) in [6, 6.07) is 9.66. The summed E-state index contributed by atoms with van der Waals surface area (Å²) in [6.45, 7) is 2.34. The van der Waals surface area contributed by atoms with Crippen LogP contribution in [0.3, 0.4) is 0 Å². The van der Waals surface area contributed by atoms with Crippen LogP contribution in [0, 0.1) is 0 Å². The molecule has 0 radical (unpaired) electrons. The van der Waals surface area contributed by atoms with Gasteiger partial charge in [0.25, 0.3) is 5.56 Å². The van der Waals surface area contributed by atoms with Crippen LogP contribution in [0.2, 0.25) is 0 Å². The van der Waals surface area contributed by atoms with Crippen molar-refractivity contribution in [2.75, 3.05) is 23.3 Å². The number of rotatable bonds is 2. The van der Waals surface area contributed by atoms with E-state index in [0.717, 1.165) is 41.1 Å². The maximum Gasteiger partial charge on any atom is 0.330 e. The van der Waals surface area contributed by atoms with E-state index in [1.807, 2.05) is 12.1 Å². The first-order chi connectivity index (χ1) is 10.6. The van der Waals surface area contributed by atoms with Crippen molar-refractivity contribution < 1.29 is 0 Å². The van der Waals surface area contributed by atoms with Crippen LogP contribution < -0.4 is 21.5 Å². The van der Waals surface area contributed by atoms with E-state index in [4.69, 9.17) is 0 Å². The number of hydrogen-bond acceptors (Lipinski definition) is 4. The SMILES string of the molecule is Cn1c(CN2CCCNc3ccccc32)cc(=O)n(C)c1=O. The van der Waals surface area contributed by atoms with Gasteiger partial charge >= 0.3 is 5.69 Å². The predicted octanol–water partition coefficient (Wildman–Crippen LogP) is 0.906. The van der Waals surface area contributed by atoms with E-state index in [-0.39, 0.29) is 11.2 Å². The van der Waals surface area contributed by atoms with Crippen LogP contribution in [-0.2, 0) is 20.6 Å². The van der Waals surface area contributed by atoms with E-state index in [1.165, 1.54) is 7.05 Å². The van der Waals surface area contributed by atoms with Crippen LogP contribution in [-0.4, -0.2) is 22.2 Å².